The zero-order valence-corrected chi connectivity index (χ0v) is 18.9. The van der Waals surface area contributed by atoms with Gasteiger partial charge in [-0.05, 0) is 56.7 Å². The van der Waals surface area contributed by atoms with Crippen LogP contribution in [0.4, 0.5) is 0 Å². The summed E-state index contributed by atoms with van der Waals surface area (Å²) in [4.78, 5) is 12.5. The lowest BCUT2D eigenvalue weighted by molar-refractivity contribution is 0.0757. The molecule has 0 radical (unpaired) electrons. The Morgan fingerprint density at radius 1 is 1.24 bits per heavy atom. The van der Waals surface area contributed by atoms with Crippen molar-refractivity contribution in [1.29, 1.82) is 0 Å². The van der Waals surface area contributed by atoms with Gasteiger partial charge in [0.2, 0.25) is 10.0 Å². The average molecular weight is 427 g/mol. The first-order valence-corrected chi connectivity index (χ1v) is 11.7. The average Bonchev–Trinajstić information content (AvgIpc) is 2.66. The molecule has 2 rings (SSSR count). The molecule has 1 saturated heterocycles. The van der Waals surface area contributed by atoms with Gasteiger partial charge in [-0.2, -0.15) is 4.31 Å². The molecule has 1 aromatic carbocycles. The Balaban J connectivity index is 2.16. The SMILES string of the molecule is COc1ccc(C(=O)NCCCOC(C)C)cc1S(=O)(=O)N1CC(C)CC(C)C1. The van der Waals surface area contributed by atoms with E-state index in [1.807, 2.05) is 13.8 Å². The van der Waals surface area contributed by atoms with Crippen molar-refractivity contribution in [2.24, 2.45) is 11.8 Å². The predicted octanol–water partition coefficient (Wildman–Crippen LogP) is 2.91. The van der Waals surface area contributed by atoms with Gasteiger partial charge in [0.15, 0.2) is 0 Å². The van der Waals surface area contributed by atoms with Crippen LogP contribution in [0.25, 0.3) is 0 Å². The van der Waals surface area contributed by atoms with Gasteiger partial charge in [-0.1, -0.05) is 13.8 Å². The monoisotopic (exact) mass is 426 g/mol. The Hall–Kier alpha value is -1.64. The summed E-state index contributed by atoms with van der Waals surface area (Å²) in [5.74, 6) is 0.518. The lowest BCUT2D eigenvalue weighted by Gasteiger charge is -2.34. The quantitative estimate of drug-likeness (QED) is 0.614. The van der Waals surface area contributed by atoms with Crippen LogP contribution in [-0.2, 0) is 14.8 Å². The molecule has 2 atom stereocenters. The fourth-order valence-electron chi connectivity index (χ4n) is 3.66. The number of benzene rings is 1. The van der Waals surface area contributed by atoms with Crippen molar-refractivity contribution < 1.29 is 22.7 Å². The van der Waals surface area contributed by atoms with Crippen LogP contribution in [0.3, 0.4) is 0 Å². The molecule has 0 saturated carbocycles. The number of rotatable bonds is 9. The van der Waals surface area contributed by atoms with Gasteiger partial charge in [-0.15, -0.1) is 0 Å². The topological polar surface area (TPSA) is 84.9 Å². The van der Waals surface area contributed by atoms with Gasteiger partial charge in [0.1, 0.15) is 10.6 Å². The van der Waals surface area contributed by atoms with Gasteiger partial charge in [0.25, 0.3) is 5.91 Å². The predicted molar refractivity (Wildman–Crippen MR) is 113 cm³/mol. The normalized spacial score (nSPS) is 20.6. The molecule has 0 spiro atoms. The largest absolute Gasteiger partial charge is 0.495 e. The summed E-state index contributed by atoms with van der Waals surface area (Å²) in [5, 5.41) is 2.81. The molecular formula is C21H34N2O5S. The highest BCUT2D eigenvalue weighted by atomic mass is 32.2. The van der Waals surface area contributed by atoms with E-state index in [9.17, 15) is 13.2 Å². The molecule has 164 valence electrons. The lowest BCUT2D eigenvalue weighted by atomic mass is 9.94. The summed E-state index contributed by atoms with van der Waals surface area (Å²) >= 11 is 0. The second kappa shape index (κ2) is 10.4. The Morgan fingerprint density at radius 3 is 2.48 bits per heavy atom. The van der Waals surface area contributed by atoms with Crippen LogP contribution in [0.2, 0.25) is 0 Å². The fourth-order valence-corrected chi connectivity index (χ4v) is 5.52. The number of nitrogens with zero attached hydrogens (tertiary/aromatic N) is 1. The Kier molecular flexibility index (Phi) is 8.48. The van der Waals surface area contributed by atoms with Crippen molar-refractivity contribution in [2.45, 2.75) is 51.5 Å². The van der Waals surface area contributed by atoms with Gasteiger partial charge in [-0.3, -0.25) is 4.79 Å². The standard InChI is InChI=1S/C21H34N2O5S/c1-15(2)28-10-6-9-22-21(24)18-7-8-19(27-5)20(12-18)29(25,26)23-13-16(3)11-17(4)14-23/h7-8,12,15-17H,6,9-11,13-14H2,1-5H3,(H,22,24). The highest BCUT2D eigenvalue weighted by Gasteiger charge is 2.34. The molecule has 1 amide bonds. The number of hydrogen-bond acceptors (Lipinski definition) is 5. The minimum absolute atomic E-state index is 0.0390. The van der Waals surface area contributed by atoms with Gasteiger partial charge >= 0.3 is 0 Å². The first kappa shape index (κ1) is 23.6. The van der Waals surface area contributed by atoms with Gasteiger partial charge in [0, 0.05) is 31.8 Å². The van der Waals surface area contributed by atoms with Crippen LogP contribution in [0.15, 0.2) is 23.1 Å². The Labute approximate surface area is 174 Å². The van der Waals surface area contributed by atoms with Crippen molar-refractivity contribution in [3.05, 3.63) is 23.8 Å². The third-order valence-electron chi connectivity index (χ3n) is 4.94. The molecule has 2 unspecified atom stereocenters. The summed E-state index contributed by atoms with van der Waals surface area (Å²) in [6.45, 7) is 10.0. The fraction of sp³-hybridized carbons (Fsp3) is 0.667. The molecule has 1 aliphatic rings. The Bertz CT molecular complexity index is 784. The van der Waals surface area contributed by atoms with Crippen LogP contribution in [0.5, 0.6) is 5.75 Å². The molecule has 0 aromatic heterocycles. The summed E-state index contributed by atoms with van der Waals surface area (Å²) < 4.78 is 38.8. The first-order chi connectivity index (χ1) is 13.6. The molecule has 1 fully saturated rings. The first-order valence-electron chi connectivity index (χ1n) is 10.2. The number of ether oxygens (including phenoxy) is 2. The van der Waals surface area contributed by atoms with E-state index in [2.05, 4.69) is 19.2 Å². The van der Waals surface area contributed by atoms with Gasteiger partial charge in [-0.25, -0.2) is 8.42 Å². The second-order valence-electron chi connectivity index (χ2n) is 8.16. The van der Waals surface area contributed by atoms with E-state index < -0.39 is 10.0 Å². The molecule has 29 heavy (non-hydrogen) atoms. The van der Waals surface area contributed by atoms with E-state index >= 15 is 0 Å². The number of piperidine rings is 1. The van der Waals surface area contributed by atoms with Crippen LogP contribution >= 0.6 is 0 Å². The summed E-state index contributed by atoms with van der Waals surface area (Å²) in [5.41, 5.74) is 0.298. The van der Waals surface area contributed by atoms with Crippen molar-refractivity contribution in [2.75, 3.05) is 33.4 Å². The summed E-state index contributed by atoms with van der Waals surface area (Å²) in [6.07, 6.45) is 1.85. The molecule has 8 heteroatoms. The van der Waals surface area contributed by atoms with Crippen LogP contribution in [-0.4, -0.2) is 58.1 Å². The molecule has 0 bridgehead atoms. The van der Waals surface area contributed by atoms with Crippen molar-refractivity contribution in [3.8, 4) is 5.75 Å². The van der Waals surface area contributed by atoms with Gasteiger partial charge < -0.3 is 14.8 Å². The smallest absolute Gasteiger partial charge is 0.251 e. The number of methoxy groups -OCH3 is 1. The van der Waals surface area contributed by atoms with Crippen LogP contribution < -0.4 is 10.1 Å². The van der Waals surface area contributed by atoms with Gasteiger partial charge in [0.05, 0.1) is 13.2 Å². The van der Waals surface area contributed by atoms with Crippen LogP contribution in [0, 0.1) is 11.8 Å². The lowest BCUT2D eigenvalue weighted by Crippen LogP contribution is -2.42. The molecule has 7 nitrogen and oxygen atoms in total. The molecule has 0 aliphatic carbocycles. The van der Waals surface area contributed by atoms with E-state index in [0.29, 0.717) is 50.1 Å². The van der Waals surface area contributed by atoms with E-state index in [-0.39, 0.29) is 22.7 Å². The van der Waals surface area contributed by atoms with E-state index in [1.165, 1.54) is 17.5 Å². The van der Waals surface area contributed by atoms with E-state index in [4.69, 9.17) is 9.47 Å². The number of hydrogen-bond donors (Lipinski definition) is 1. The molecular weight excluding hydrogens is 392 g/mol. The Morgan fingerprint density at radius 2 is 1.90 bits per heavy atom. The molecule has 1 heterocycles. The molecule has 1 aliphatic heterocycles. The third-order valence-corrected chi connectivity index (χ3v) is 6.79. The third kappa shape index (κ3) is 6.42. The maximum atomic E-state index is 13.3. The zero-order valence-electron chi connectivity index (χ0n) is 18.1. The molecule has 1 aromatic rings. The summed E-state index contributed by atoms with van der Waals surface area (Å²) in [7, 11) is -2.32. The van der Waals surface area contributed by atoms with Crippen molar-refractivity contribution in [3.63, 3.8) is 0 Å². The number of sulfonamides is 1. The van der Waals surface area contributed by atoms with Crippen molar-refractivity contribution in [1.82, 2.24) is 9.62 Å². The number of amides is 1. The second-order valence-corrected chi connectivity index (χ2v) is 10.1. The minimum Gasteiger partial charge on any atom is -0.495 e. The number of nitrogens with one attached hydrogen (secondary N) is 1. The molecule has 1 N–H and O–H groups in total. The highest BCUT2D eigenvalue weighted by Crippen LogP contribution is 2.32. The number of carbonyl (C=O) groups excluding carboxylic acids is 1. The maximum absolute atomic E-state index is 13.3. The summed E-state index contributed by atoms with van der Waals surface area (Å²) in [6, 6.07) is 4.54. The van der Waals surface area contributed by atoms with Crippen molar-refractivity contribution >= 4 is 15.9 Å². The maximum Gasteiger partial charge on any atom is 0.251 e. The minimum atomic E-state index is -3.76. The number of carbonyl (C=O) groups is 1. The highest BCUT2D eigenvalue weighted by molar-refractivity contribution is 7.89. The zero-order chi connectivity index (χ0) is 21.6. The van der Waals surface area contributed by atoms with E-state index in [0.717, 1.165) is 6.42 Å². The van der Waals surface area contributed by atoms with E-state index in [1.54, 1.807) is 12.1 Å². The van der Waals surface area contributed by atoms with Crippen LogP contribution in [0.1, 0.15) is 50.9 Å².